The molecule has 0 heterocycles. The molecule has 1 aliphatic rings. The van der Waals surface area contributed by atoms with Crippen LogP contribution in [0.4, 0.5) is 8.78 Å². The second-order valence-electron chi connectivity index (χ2n) is 5.16. The molecule has 1 saturated carbocycles. The Balaban J connectivity index is 2.24. The molecule has 0 bridgehead atoms. The van der Waals surface area contributed by atoms with Crippen molar-refractivity contribution in [3.63, 3.8) is 0 Å². The van der Waals surface area contributed by atoms with Crippen LogP contribution in [0.1, 0.15) is 49.5 Å². The monoisotopic (exact) mass is 288 g/mol. The van der Waals surface area contributed by atoms with Crippen LogP contribution in [0.3, 0.4) is 0 Å². The Morgan fingerprint density at radius 3 is 2.11 bits per heavy atom. The fourth-order valence-electron chi connectivity index (χ4n) is 2.78. The molecule has 1 nitrogen and oxygen atoms in total. The number of ether oxygens (including phenoxy) is 1. The molecule has 0 saturated heterocycles. The summed E-state index contributed by atoms with van der Waals surface area (Å²) in [6.07, 6.45) is 6.44. The van der Waals surface area contributed by atoms with Crippen molar-refractivity contribution in [2.75, 3.05) is 7.11 Å². The lowest BCUT2D eigenvalue weighted by molar-refractivity contribution is 0.396. The summed E-state index contributed by atoms with van der Waals surface area (Å²) in [5, 5.41) is -0.594. The van der Waals surface area contributed by atoms with Crippen molar-refractivity contribution in [2.24, 2.45) is 5.92 Å². The topological polar surface area (TPSA) is 9.23 Å². The van der Waals surface area contributed by atoms with Crippen molar-refractivity contribution in [3.8, 4) is 5.75 Å². The van der Waals surface area contributed by atoms with Crippen LogP contribution in [0.2, 0.25) is 0 Å². The lowest BCUT2D eigenvalue weighted by Gasteiger charge is -2.22. The van der Waals surface area contributed by atoms with Gasteiger partial charge in [-0.3, -0.25) is 0 Å². The van der Waals surface area contributed by atoms with Gasteiger partial charge in [0.25, 0.3) is 0 Å². The third-order valence-electron chi connectivity index (χ3n) is 3.88. The summed E-state index contributed by atoms with van der Waals surface area (Å²) in [4.78, 5) is 0. The average molecular weight is 289 g/mol. The van der Waals surface area contributed by atoms with E-state index in [4.69, 9.17) is 16.3 Å². The van der Waals surface area contributed by atoms with Crippen LogP contribution in [0.25, 0.3) is 0 Å². The smallest absolute Gasteiger partial charge is 0.134 e. The van der Waals surface area contributed by atoms with Crippen molar-refractivity contribution in [3.05, 3.63) is 29.3 Å². The molecule has 0 amide bonds. The van der Waals surface area contributed by atoms with E-state index >= 15 is 0 Å². The van der Waals surface area contributed by atoms with E-state index in [-0.39, 0.29) is 17.2 Å². The summed E-state index contributed by atoms with van der Waals surface area (Å²) < 4.78 is 32.9. The quantitative estimate of drug-likeness (QED) is 0.547. The summed E-state index contributed by atoms with van der Waals surface area (Å²) in [7, 11) is 1.39. The zero-order chi connectivity index (χ0) is 13.8. The van der Waals surface area contributed by atoms with Crippen molar-refractivity contribution in [1.82, 2.24) is 0 Å². The zero-order valence-electron chi connectivity index (χ0n) is 11.1. The van der Waals surface area contributed by atoms with Crippen LogP contribution in [0.15, 0.2) is 12.1 Å². The van der Waals surface area contributed by atoms with Crippen molar-refractivity contribution >= 4 is 11.6 Å². The van der Waals surface area contributed by atoms with E-state index in [1.165, 1.54) is 32.1 Å². The number of benzene rings is 1. The van der Waals surface area contributed by atoms with Gasteiger partial charge < -0.3 is 4.74 Å². The summed E-state index contributed by atoms with van der Waals surface area (Å²) in [6, 6.07) is 2.40. The van der Waals surface area contributed by atoms with Crippen molar-refractivity contribution in [1.29, 1.82) is 0 Å². The molecule has 0 N–H and O–H groups in total. The Kier molecular flexibility index (Phi) is 5.03. The first-order valence-corrected chi connectivity index (χ1v) is 7.24. The fourth-order valence-corrected chi connectivity index (χ4v) is 3.24. The van der Waals surface area contributed by atoms with E-state index in [2.05, 4.69) is 0 Å². The van der Waals surface area contributed by atoms with Gasteiger partial charge in [-0.1, -0.05) is 25.7 Å². The maximum absolute atomic E-state index is 14.0. The minimum absolute atomic E-state index is 0.00522. The molecule has 1 aliphatic carbocycles. The van der Waals surface area contributed by atoms with E-state index in [9.17, 15) is 8.78 Å². The van der Waals surface area contributed by atoms with Crippen LogP contribution in [-0.4, -0.2) is 7.11 Å². The molecule has 1 atom stereocenters. The van der Waals surface area contributed by atoms with Crippen LogP contribution < -0.4 is 4.74 Å². The molecule has 4 heteroatoms. The molecule has 2 rings (SSSR count). The first-order valence-electron chi connectivity index (χ1n) is 6.80. The summed E-state index contributed by atoms with van der Waals surface area (Å²) in [5.41, 5.74) is -0.00522. The molecular formula is C15H19ClF2O. The van der Waals surface area contributed by atoms with Crippen LogP contribution in [0, 0.1) is 17.6 Å². The van der Waals surface area contributed by atoms with Crippen molar-refractivity contribution in [2.45, 2.75) is 43.9 Å². The molecule has 19 heavy (non-hydrogen) atoms. The maximum atomic E-state index is 14.0. The summed E-state index contributed by atoms with van der Waals surface area (Å²) in [5.74, 6) is -0.882. The van der Waals surface area contributed by atoms with E-state index in [0.29, 0.717) is 0 Å². The minimum atomic E-state index is -0.610. The predicted molar refractivity (Wildman–Crippen MR) is 72.7 cm³/mol. The van der Waals surface area contributed by atoms with Crippen LogP contribution in [-0.2, 0) is 0 Å². The van der Waals surface area contributed by atoms with Crippen molar-refractivity contribution < 1.29 is 13.5 Å². The Hall–Kier alpha value is -0.830. The Labute approximate surface area is 117 Å². The lowest BCUT2D eigenvalue weighted by atomic mass is 9.91. The number of hydrogen-bond donors (Lipinski definition) is 0. The van der Waals surface area contributed by atoms with Gasteiger partial charge in [0.2, 0.25) is 0 Å². The first kappa shape index (κ1) is 14.6. The Morgan fingerprint density at radius 2 is 1.63 bits per heavy atom. The number of methoxy groups -OCH3 is 1. The summed E-state index contributed by atoms with van der Waals surface area (Å²) >= 11 is 6.34. The normalized spacial score (nSPS) is 18.9. The second kappa shape index (κ2) is 6.56. The zero-order valence-corrected chi connectivity index (χ0v) is 11.9. The molecule has 0 spiro atoms. The van der Waals surface area contributed by atoms with Gasteiger partial charge in [-0.25, -0.2) is 8.78 Å². The van der Waals surface area contributed by atoms with Gasteiger partial charge >= 0.3 is 0 Å². The van der Waals surface area contributed by atoms with Gasteiger partial charge in [0.05, 0.1) is 12.5 Å². The number of hydrogen-bond acceptors (Lipinski definition) is 1. The Morgan fingerprint density at radius 1 is 1.11 bits per heavy atom. The molecule has 1 aromatic rings. The Bertz CT molecular complexity index is 405. The molecule has 0 radical (unpaired) electrons. The van der Waals surface area contributed by atoms with Gasteiger partial charge in [-0.2, -0.15) is 0 Å². The van der Waals surface area contributed by atoms with Gasteiger partial charge in [0.1, 0.15) is 17.4 Å². The fraction of sp³-hybridized carbons (Fsp3) is 0.600. The average Bonchev–Trinajstić information content (AvgIpc) is 2.66. The first-order chi connectivity index (χ1) is 9.13. The minimum Gasteiger partial charge on any atom is -0.497 e. The largest absolute Gasteiger partial charge is 0.497 e. The third kappa shape index (κ3) is 3.38. The standard InChI is InChI=1S/C15H19ClF2O/c1-19-11-8-12(17)14(13(18)9-11)15(16)10-6-4-2-3-5-7-10/h8-10,15H,2-7H2,1H3. The highest BCUT2D eigenvalue weighted by Gasteiger charge is 2.27. The number of rotatable bonds is 3. The number of alkyl halides is 1. The molecule has 1 fully saturated rings. The van der Waals surface area contributed by atoms with E-state index in [1.807, 2.05) is 0 Å². The van der Waals surface area contributed by atoms with E-state index in [0.717, 1.165) is 25.7 Å². The van der Waals surface area contributed by atoms with Gasteiger partial charge in [0.15, 0.2) is 0 Å². The highest BCUT2D eigenvalue weighted by molar-refractivity contribution is 6.21. The highest BCUT2D eigenvalue weighted by Crippen LogP contribution is 2.40. The molecule has 0 aliphatic heterocycles. The van der Waals surface area contributed by atoms with E-state index < -0.39 is 17.0 Å². The van der Waals surface area contributed by atoms with Gasteiger partial charge in [-0.15, -0.1) is 11.6 Å². The molecule has 1 aromatic carbocycles. The van der Waals surface area contributed by atoms with Gasteiger partial charge in [0, 0.05) is 17.7 Å². The molecule has 106 valence electrons. The molecule has 0 aromatic heterocycles. The highest BCUT2D eigenvalue weighted by atomic mass is 35.5. The van der Waals surface area contributed by atoms with Gasteiger partial charge in [-0.05, 0) is 18.8 Å². The summed E-state index contributed by atoms with van der Waals surface area (Å²) in [6.45, 7) is 0. The maximum Gasteiger partial charge on any atom is 0.134 e. The van der Waals surface area contributed by atoms with Crippen LogP contribution in [0.5, 0.6) is 5.75 Å². The lowest BCUT2D eigenvalue weighted by Crippen LogP contribution is -2.11. The molecule has 1 unspecified atom stereocenters. The predicted octanol–water partition coefficient (Wildman–Crippen LogP) is 5.22. The molecular weight excluding hydrogens is 270 g/mol. The number of halogens is 3. The third-order valence-corrected chi connectivity index (χ3v) is 4.45. The van der Waals surface area contributed by atoms with Crippen LogP contribution >= 0.6 is 11.6 Å². The SMILES string of the molecule is COc1cc(F)c(C(Cl)C2CCCCCC2)c(F)c1. The van der Waals surface area contributed by atoms with E-state index in [1.54, 1.807) is 0 Å². The second-order valence-corrected chi connectivity index (χ2v) is 5.63.